The molecule has 2 N–H and O–H groups in total. The number of rotatable bonds is 8. The van der Waals surface area contributed by atoms with Crippen molar-refractivity contribution < 1.29 is 14.3 Å². The number of nitriles is 1. The first kappa shape index (κ1) is 24.0. The predicted octanol–water partition coefficient (Wildman–Crippen LogP) is 3.71. The minimum absolute atomic E-state index is 0.291. The van der Waals surface area contributed by atoms with Gasteiger partial charge in [0.15, 0.2) is 6.61 Å². The van der Waals surface area contributed by atoms with E-state index >= 15 is 0 Å². The molecule has 0 fully saturated rings. The van der Waals surface area contributed by atoms with Crippen molar-refractivity contribution in [2.45, 2.75) is 6.54 Å². The van der Waals surface area contributed by atoms with E-state index in [-0.39, 0.29) is 6.61 Å². The molecule has 0 aliphatic heterocycles. The van der Waals surface area contributed by atoms with Crippen LogP contribution in [0.3, 0.4) is 0 Å². The molecule has 178 valence electrons. The summed E-state index contributed by atoms with van der Waals surface area (Å²) in [6.45, 7) is 0.302. The molecule has 4 rings (SSSR count). The first-order valence-corrected chi connectivity index (χ1v) is 11.2. The van der Waals surface area contributed by atoms with Crippen LogP contribution in [0.2, 0.25) is 0 Å². The van der Waals surface area contributed by atoms with Crippen molar-refractivity contribution >= 4 is 17.9 Å². The molecule has 2 amide bonds. The van der Waals surface area contributed by atoms with E-state index in [1.807, 2.05) is 77.6 Å². The Morgan fingerprint density at radius 3 is 2.33 bits per heavy atom. The quantitative estimate of drug-likeness (QED) is 0.297. The number of hydrogen-bond donors (Lipinski definition) is 2. The lowest BCUT2D eigenvalue weighted by Crippen LogP contribution is -2.43. The van der Waals surface area contributed by atoms with Gasteiger partial charge in [-0.3, -0.25) is 25.1 Å². The molecule has 1 heterocycles. The van der Waals surface area contributed by atoms with Gasteiger partial charge < -0.3 is 4.74 Å². The molecule has 0 saturated heterocycles. The third kappa shape index (κ3) is 6.68. The maximum atomic E-state index is 12.3. The van der Waals surface area contributed by atoms with E-state index in [0.717, 1.165) is 22.4 Å². The third-order valence-electron chi connectivity index (χ3n) is 5.12. The number of benzene rings is 3. The van der Waals surface area contributed by atoms with Crippen molar-refractivity contribution in [1.82, 2.24) is 20.6 Å². The van der Waals surface area contributed by atoms with Gasteiger partial charge in [0.2, 0.25) is 0 Å². The van der Waals surface area contributed by atoms with Gasteiger partial charge in [-0.2, -0.15) is 10.4 Å². The molecule has 3 aromatic carbocycles. The van der Waals surface area contributed by atoms with Crippen molar-refractivity contribution in [2.24, 2.45) is 0 Å². The third-order valence-corrected chi connectivity index (χ3v) is 5.12. The minimum Gasteiger partial charge on any atom is -0.484 e. The van der Waals surface area contributed by atoms with Crippen LogP contribution in [-0.4, -0.2) is 28.2 Å². The molecule has 4 aromatic rings. The van der Waals surface area contributed by atoms with Crippen molar-refractivity contribution in [3.63, 3.8) is 0 Å². The van der Waals surface area contributed by atoms with Gasteiger partial charge in [-0.1, -0.05) is 60.7 Å². The average molecular weight is 478 g/mol. The fraction of sp³-hybridized carbons (Fsp3) is 0.0714. The van der Waals surface area contributed by atoms with E-state index in [0.29, 0.717) is 17.9 Å². The Balaban J connectivity index is 1.36. The lowest BCUT2D eigenvalue weighted by Gasteiger charge is -2.07. The molecule has 0 spiro atoms. The summed E-state index contributed by atoms with van der Waals surface area (Å²) in [4.78, 5) is 24.3. The van der Waals surface area contributed by atoms with Gasteiger partial charge in [-0.15, -0.1) is 0 Å². The summed E-state index contributed by atoms with van der Waals surface area (Å²) in [6.07, 6.45) is 4.87. The standard InChI is InChI=1S/C28H23N5O3/c29-17-21-11-14-25(15-12-21)36-20-27(35)31-30-26(34)16-13-24-19-33(18-22-7-3-1-4-8-22)32-28(24)23-9-5-2-6-10-23/h1-16,19H,18,20H2,(H,30,34)(H,31,35)/b16-13+. The van der Waals surface area contributed by atoms with Crippen molar-refractivity contribution in [3.8, 4) is 23.1 Å². The first-order chi connectivity index (χ1) is 17.6. The van der Waals surface area contributed by atoms with E-state index in [4.69, 9.17) is 15.1 Å². The molecule has 0 aliphatic rings. The molecule has 36 heavy (non-hydrogen) atoms. The number of hydrogen-bond acceptors (Lipinski definition) is 5. The molecule has 0 atom stereocenters. The Bertz CT molecular complexity index is 1390. The molecule has 8 heteroatoms. The summed E-state index contributed by atoms with van der Waals surface area (Å²) >= 11 is 0. The fourth-order valence-corrected chi connectivity index (χ4v) is 3.38. The molecule has 0 aliphatic carbocycles. The Labute approximate surface area is 208 Å². The number of aromatic nitrogens is 2. The molecule has 0 radical (unpaired) electrons. The summed E-state index contributed by atoms with van der Waals surface area (Å²) in [6, 6.07) is 28.1. The van der Waals surface area contributed by atoms with Crippen molar-refractivity contribution in [3.05, 3.63) is 114 Å². The van der Waals surface area contributed by atoms with Gasteiger partial charge in [-0.05, 0) is 35.9 Å². The van der Waals surface area contributed by atoms with Crippen LogP contribution in [0.25, 0.3) is 17.3 Å². The van der Waals surface area contributed by atoms with Crippen LogP contribution in [-0.2, 0) is 16.1 Å². The van der Waals surface area contributed by atoms with E-state index in [9.17, 15) is 9.59 Å². The molecule has 1 aromatic heterocycles. The number of carbonyl (C=O) groups is 2. The van der Waals surface area contributed by atoms with Gasteiger partial charge >= 0.3 is 0 Å². The van der Waals surface area contributed by atoms with E-state index < -0.39 is 11.8 Å². The maximum absolute atomic E-state index is 12.3. The highest BCUT2D eigenvalue weighted by Gasteiger charge is 2.10. The molecule has 0 unspecified atom stereocenters. The van der Waals surface area contributed by atoms with E-state index in [2.05, 4.69) is 10.9 Å². The maximum Gasteiger partial charge on any atom is 0.276 e. The second-order valence-electron chi connectivity index (χ2n) is 7.78. The Morgan fingerprint density at radius 2 is 1.64 bits per heavy atom. The normalized spacial score (nSPS) is 10.5. The summed E-state index contributed by atoms with van der Waals surface area (Å²) in [7, 11) is 0. The summed E-state index contributed by atoms with van der Waals surface area (Å²) in [5.74, 6) is -0.588. The largest absolute Gasteiger partial charge is 0.484 e. The van der Waals surface area contributed by atoms with Crippen LogP contribution in [0.1, 0.15) is 16.7 Å². The van der Waals surface area contributed by atoms with Crippen LogP contribution in [0, 0.1) is 11.3 Å². The van der Waals surface area contributed by atoms with E-state index in [1.54, 1.807) is 30.3 Å². The van der Waals surface area contributed by atoms with Crippen molar-refractivity contribution in [1.29, 1.82) is 5.26 Å². The first-order valence-electron chi connectivity index (χ1n) is 11.2. The Kier molecular flexibility index (Phi) is 7.87. The molecule has 0 saturated carbocycles. The van der Waals surface area contributed by atoms with E-state index in [1.165, 1.54) is 6.08 Å². The average Bonchev–Trinajstić information content (AvgIpc) is 3.33. The predicted molar refractivity (Wildman–Crippen MR) is 135 cm³/mol. The zero-order chi connectivity index (χ0) is 25.2. The topological polar surface area (TPSA) is 109 Å². The van der Waals surface area contributed by atoms with Gasteiger partial charge in [-0.25, -0.2) is 0 Å². The monoisotopic (exact) mass is 477 g/mol. The number of carbonyl (C=O) groups excluding carboxylic acids is 2. The van der Waals surface area contributed by atoms with Crippen LogP contribution < -0.4 is 15.6 Å². The second kappa shape index (κ2) is 11.8. The number of amides is 2. The molecule has 8 nitrogen and oxygen atoms in total. The number of ether oxygens (including phenoxy) is 1. The minimum atomic E-state index is -0.526. The van der Waals surface area contributed by atoms with Crippen LogP contribution >= 0.6 is 0 Å². The Hall–Kier alpha value is -5.16. The lowest BCUT2D eigenvalue weighted by atomic mass is 10.1. The van der Waals surface area contributed by atoms with Gasteiger partial charge in [0.25, 0.3) is 11.8 Å². The number of nitrogens with one attached hydrogen (secondary N) is 2. The Morgan fingerprint density at radius 1 is 0.944 bits per heavy atom. The summed E-state index contributed by atoms with van der Waals surface area (Å²) < 4.78 is 7.17. The zero-order valence-corrected chi connectivity index (χ0v) is 19.3. The van der Waals surface area contributed by atoms with Crippen LogP contribution in [0.15, 0.2) is 97.2 Å². The summed E-state index contributed by atoms with van der Waals surface area (Å²) in [5.41, 5.74) is 8.69. The molecular weight excluding hydrogens is 454 g/mol. The smallest absolute Gasteiger partial charge is 0.276 e. The molecular formula is C28H23N5O3. The van der Waals surface area contributed by atoms with Crippen LogP contribution in [0.4, 0.5) is 0 Å². The van der Waals surface area contributed by atoms with Gasteiger partial charge in [0.1, 0.15) is 5.75 Å². The highest BCUT2D eigenvalue weighted by atomic mass is 16.5. The number of hydrazine groups is 1. The SMILES string of the molecule is N#Cc1ccc(OCC(=O)NNC(=O)/C=C/c2cn(Cc3ccccc3)nc2-c2ccccc2)cc1. The van der Waals surface area contributed by atoms with Gasteiger partial charge in [0, 0.05) is 23.4 Å². The molecule has 0 bridgehead atoms. The summed E-state index contributed by atoms with van der Waals surface area (Å²) in [5, 5.41) is 13.5. The van der Waals surface area contributed by atoms with Gasteiger partial charge in [0.05, 0.1) is 23.9 Å². The second-order valence-corrected chi connectivity index (χ2v) is 7.78. The number of nitrogens with zero attached hydrogens (tertiary/aromatic N) is 3. The highest BCUT2D eigenvalue weighted by molar-refractivity contribution is 5.94. The zero-order valence-electron chi connectivity index (χ0n) is 19.3. The lowest BCUT2D eigenvalue weighted by molar-refractivity contribution is -0.128. The fourth-order valence-electron chi connectivity index (χ4n) is 3.38. The highest BCUT2D eigenvalue weighted by Crippen LogP contribution is 2.23. The van der Waals surface area contributed by atoms with Crippen LogP contribution in [0.5, 0.6) is 5.75 Å². The van der Waals surface area contributed by atoms with Crippen molar-refractivity contribution in [2.75, 3.05) is 6.61 Å².